The Hall–Kier alpha value is -0.570. The number of hydrogen-bond donors (Lipinski definition) is 2. The van der Waals surface area contributed by atoms with Gasteiger partial charge in [-0.25, -0.2) is 0 Å². The number of nitrogens with zero attached hydrogens (tertiary/aromatic N) is 2. The summed E-state index contributed by atoms with van der Waals surface area (Å²) in [7, 11) is 3.55. The zero-order valence-corrected chi connectivity index (χ0v) is 17.4. The fourth-order valence-electron chi connectivity index (χ4n) is 3.56. The first-order chi connectivity index (χ1) is 11.2. The molecule has 1 aliphatic heterocycles. The number of carbonyl (C=O) groups excluding carboxylic acids is 1. The van der Waals surface area contributed by atoms with Gasteiger partial charge in [0.25, 0.3) is 0 Å². The summed E-state index contributed by atoms with van der Waals surface area (Å²) >= 11 is 0. The molecule has 1 aliphatic carbocycles. The molecule has 2 N–H and O–H groups in total. The lowest BCUT2D eigenvalue weighted by Gasteiger charge is -2.24. The molecule has 2 fully saturated rings. The normalized spacial score (nSPS) is 22.2. The summed E-state index contributed by atoms with van der Waals surface area (Å²) in [5.74, 6) is 1.63. The molecule has 0 spiro atoms. The van der Waals surface area contributed by atoms with E-state index in [-0.39, 0.29) is 29.9 Å². The minimum absolute atomic E-state index is 0. The molecule has 0 bridgehead atoms. The maximum Gasteiger partial charge on any atom is 0.221 e. The summed E-state index contributed by atoms with van der Waals surface area (Å²) in [6, 6.07) is 0.393. The van der Waals surface area contributed by atoms with Crippen LogP contribution in [-0.2, 0) is 9.53 Å². The average Bonchev–Trinajstić information content (AvgIpc) is 3.01. The smallest absolute Gasteiger partial charge is 0.221 e. The van der Waals surface area contributed by atoms with Crippen LogP contribution in [0, 0.1) is 5.92 Å². The van der Waals surface area contributed by atoms with Crippen molar-refractivity contribution >= 4 is 35.8 Å². The zero-order chi connectivity index (χ0) is 16.5. The number of ether oxygens (including phenoxy) is 1. The van der Waals surface area contributed by atoms with Crippen LogP contribution in [0.25, 0.3) is 0 Å². The maximum atomic E-state index is 12.0. The van der Waals surface area contributed by atoms with Gasteiger partial charge in [-0.15, -0.1) is 24.0 Å². The van der Waals surface area contributed by atoms with Crippen molar-refractivity contribution in [2.75, 3.05) is 40.4 Å². The van der Waals surface area contributed by atoms with Crippen LogP contribution in [0.1, 0.15) is 44.9 Å². The highest BCUT2D eigenvalue weighted by atomic mass is 127. The third kappa shape index (κ3) is 7.13. The molecule has 6 nitrogen and oxygen atoms in total. The van der Waals surface area contributed by atoms with Crippen LogP contribution in [0.3, 0.4) is 0 Å². The predicted octanol–water partition coefficient (Wildman–Crippen LogP) is 1.99. The topological polar surface area (TPSA) is 66.0 Å². The number of guanidine groups is 1. The van der Waals surface area contributed by atoms with Gasteiger partial charge in [0.1, 0.15) is 0 Å². The first-order valence-corrected chi connectivity index (χ1v) is 8.96. The van der Waals surface area contributed by atoms with Gasteiger partial charge in [-0.2, -0.15) is 0 Å². The number of aliphatic imine (C=N–C) groups is 1. The summed E-state index contributed by atoms with van der Waals surface area (Å²) in [6.07, 6.45) is 7.71. The van der Waals surface area contributed by atoms with Gasteiger partial charge in [-0.1, -0.05) is 19.3 Å². The minimum Gasteiger partial charge on any atom is -0.384 e. The van der Waals surface area contributed by atoms with Crippen LogP contribution in [0.2, 0.25) is 0 Å². The first-order valence-electron chi connectivity index (χ1n) is 8.96. The second-order valence-electron chi connectivity index (χ2n) is 6.68. The molecular weight excluding hydrogens is 419 g/mol. The lowest BCUT2D eigenvalue weighted by atomic mass is 9.95. The van der Waals surface area contributed by atoms with Gasteiger partial charge in [-0.3, -0.25) is 9.79 Å². The van der Waals surface area contributed by atoms with Crippen molar-refractivity contribution in [1.29, 1.82) is 0 Å². The quantitative estimate of drug-likeness (QED) is 0.368. The number of likely N-dealkylation sites (tertiary alicyclic amines) is 1. The fourth-order valence-corrected chi connectivity index (χ4v) is 3.56. The summed E-state index contributed by atoms with van der Waals surface area (Å²) in [5.41, 5.74) is 0. The van der Waals surface area contributed by atoms with Gasteiger partial charge in [0, 0.05) is 52.2 Å². The Bertz CT molecular complexity index is 400. The molecule has 1 saturated heterocycles. The van der Waals surface area contributed by atoms with Gasteiger partial charge in [-0.05, 0) is 19.3 Å². The highest BCUT2D eigenvalue weighted by Gasteiger charge is 2.24. The molecule has 7 heteroatoms. The monoisotopic (exact) mass is 452 g/mol. The number of carbonyl (C=O) groups is 1. The molecule has 1 unspecified atom stereocenters. The molecule has 0 aromatic heterocycles. The van der Waals surface area contributed by atoms with Crippen LogP contribution in [0.5, 0.6) is 0 Å². The Morgan fingerprint density at radius 3 is 2.67 bits per heavy atom. The lowest BCUT2D eigenvalue weighted by Crippen LogP contribution is -2.42. The summed E-state index contributed by atoms with van der Waals surface area (Å²) in [5, 5.41) is 6.47. The molecular formula is C17H33IN4O2. The van der Waals surface area contributed by atoms with E-state index in [4.69, 9.17) is 4.74 Å². The van der Waals surface area contributed by atoms with E-state index >= 15 is 0 Å². The number of methoxy groups -OCH3 is 1. The predicted molar refractivity (Wildman–Crippen MR) is 108 cm³/mol. The SMILES string of the molecule is CN=C(NCCC(=O)NC1CCCCC1)N1CCC(COC)C1.I. The van der Waals surface area contributed by atoms with E-state index in [1.165, 1.54) is 19.3 Å². The largest absolute Gasteiger partial charge is 0.384 e. The standard InChI is InChI=1S/C17H32N4O2.HI/c1-18-17(21-11-9-14(12-21)13-23-2)19-10-8-16(22)20-15-6-4-3-5-7-15;/h14-15H,3-13H2,1-2H3,(H,18,19)(H,20,22);1H. The second-order valence-corrected chi connectivity index (χ2v) is 6.68. The summed E-state index contributed by atoms with van der Waals surface area (Å²) in [6.45, 7) is 3.41. The Kier molecular flexibility index (Phi) is 10.6. The van der Waals surface area contributed by atoms with Crippen molar-refractivity contribution < 1.29 is 9.53 Å². The maximum absolute atomic E-state index is 12.0. The Labute approximate surface area is 163 Å². The van der Waals surface area contributed by atoms with Crippen molar-refractivity contribution in [3.05, 3.63) is 0 Å². The van der Waals surface area contributed by atoms with Gasteiger partial charge in [0.15, 0.2) is 5.96 Å². The number of halogens is 1. The first kappa shape index (κ1) is 21.5. The molecule has 1 heterocycles. The second kappa shape index (κ2) is 11.9. The van der Waals surface area contributed by atoms with E-state index in [0.29, 0.717) is 24.9 Å². The number of hydrogen-bond acceptors (Lipinski definition) is 3. The Morgan fingerprint density at radius 1 is 1.25 bits per heavy atom. The van der Waals surface area contributed by atoms with E-state index in [9.17, 15) is 4.79 Å². The third-order valence-corrected chi connectivity index (χ3v) is 4.81. The highest BCUT2D eigenvalue weighted by Crippen LogP contribution is 2.17. The minimum atomic E-state index is 0. The van der Waals surface area contributed by atoms with Crippen LogP contribution in [0.15, 0.2) is 4.99 Å². The molecule has 0 radical (unpaired) electrons. The van der Waals surface area contributed by atoms with Crippen LogP contribution < -0.4 is 10.6 Å². The average molecular weight is 452 g/mol. The molecule has 1 atom stereocenters. The number of amides is 1. The zero-order valence-electron chi connectivity index (χ0n) is 15.1. The molecule has 1 amide bonds. The third-order valence-electron chi connectivity index (χ3n) is 4.81. The van der Waals surface area contributed by atoms with Gasteiger partial charge < -0.3 is 20.3 Å². The molecule has 1 saturated carbocycles. The van der Waals surface area contributed by atoms with Gasteiger partial charge in [0.2, 0.25) is 5.91 Å². The van der Waals surface area contributed by atoms with E-state index in [1.54, 1.807) is 14.2 Å². The van der Waals surface area contributed by atoms with E-state index in [1.807, 2.05) is 0 Å². The van der Waals surface area contributed by atoms with Crippen molar-refractivity contribution in [1.82, 2.24) is 15.5 Å². The fraction of sp³-hybridized carbons (Fsp3) is 0.882. The molecule has 140 valence electrons. The lowest BCUT2D eigenvalue weighted by molar-refractivity contribution is -0.121. The summed E-state index contributed by atoms with van der Waals surface area (Å²) in [4.78, 5) is 18.6. The van der Waals surface area contributed by atoms with Gasteiger partial charge in [0.05, 0.1) is 6.61 Å². The van der Waals surface area contributed by atoms with Crippen molar-refractivity contribution in [2.45, 2.75) is 51.0 Å². The van der Waals surface area contributed by atoms with Gasteiger partial charge >= 0.3 is 0 Å². The van der Waals surface area contributed by atoms with Crippen LogP contribution in [-0.4, -0.2) is 63.2 Å². The Balaban J connectivity index is 0.00000288. The van der Waals surface area contributed by atoms with E-state index in [2.05, 4.69) is 20.5 Å². The molecule has 0 aromatic carbocycles. The highest BCUT2D eigenvalue weighted by molar-refractivity contribution is 14.0. The molecule has 2 aliphatic rings. The van der Waals surface area contributed by atoms with Crippen LogP contribution >= 0.6 is 24.0 Å². The van der Waals surface area contributed by atoms with E-state index in [0.717, 1.165) is 44.9 Å². The molecule has 0 aromatic rings. The van der Waals surface area contributed by atoms with Crippen molar-refractivity contribution in [3.63, 3.8) is 0 Å². The number of nitrogens with one attached hydrogen (secondary N) is 2. The van der Waals surface area contributed by atoms with Crippen molar-refractivity contribution in [3.8, 4) is 0 Å². The summed E-state index contributed by atoms with van der Waals surface area (Å²) < 4.78 is 5.23. The van der Waals surface area contributed by atoms with Crippen LogP contribution in [0.4, 0.5) is 0 Å². The van der Waals surface area contributed by atoms with Crippen molar-refractivity contribution in [2.24, 2.45) is 10.9 Å². The number of rotatable bonds is 6. The molecule has 24 heavy (non-hydrogen) atoms. The van der Waals surface area contributed by atoms with E-state index < -0.39 is 0 Å². The molecule has 2 rings (SSSR count). The Morgan fingerprint density at radius 2 is 2.00 bits per heavy atom.